The molecule has 0 aliphatic rings. The van der Waals surface area contributed by atoms with E-state index in [2.05, 4.69) is 10.7 Å². The molecule has 0 aliphatic heterocycles. The number of anilines is 1. The Hall–Kier alpha value is -1.79. The molecule has 1 aromatic rings. The van der Waals surface area contributed by atoms with Gasteiger partial charge in [0.25, 0.3) is 0 Å². The molecule has 2 N–H and O–H groups in total. The second kappa shape index (κ2) is 6.96. The quantitative estimate of drug-likeness (QED) is 0.656. The molecule has 0 fully saturated rings. The molecule has 6 nitrogen and oxygen atoms in total. The number of urea groups is 1. The van der Waals surface area contributed by atoms with Crippen LogP contribution in [-0.4, -0.2) is 31.1 Å². The van der Waals surface area contributed by atoms with Crippen LogP contribution in [0.4, 0.5) is 10.5 Å². The number of nitrogens with zero attached hydrogens (tertiary/aromatic N) is 1. The molecule has 0 heterocycles. The van der Waals surface area contributed by atoms with Crippen molar-refractivity contribution >= 4 is 29.3 Å². The number of carbonyl (C=O) groups is 2. The highest BCUT2D eigenvalue weighted by Crippen LogP contribution is 2.21. The standard InChI is InChI=1S/C12H16ClN3O3/c1-8(17)19-7-9-6-10(13)4-5-11(9)14-12(18)15-16(2)3/h4-6H,7H2,1-3H3,(H2,14,15,18). The van der Waals surface area contributed by atoms with E-state index in [1.54, 1.807) is 32.3 Å². The van der Waals surface area contributed by atoms with Gasteiger partial charge in [-0.2, -0.15) is 0 Å². The monoisotopic (exact) mass is 285 g/mol. The lowest BCUT2D eigenvalue weighted by molar-refractivity contribution is -0.142. The highest BCUT2D eigenvalue weighted by atomic mass is 35.5. The summed E-state index contributed by atoms with van der Waals surface area (Å²) in [6, 6.07) is 4.53. The Labute approximate surface area is 116 Å². The molecule has 0 atom stereocenters. The molecular weight excluding hydrogens is 270 g/mol. The van der Waals surface area contributed by atoms with Crippen LogP contribution in [0.15, 0.2) is 18.2 Å². The van der Waals surface area contributed by atoms with Crippen molar-refractivity contribution in [1.82, 2.24) is 10.4 Å². The molecule has 0 aromatic heterocycles. The summed E-state index contributed by atoms with van der Waals surface area (Å²) in [5, 5.41) is 4.66. The fraction of sp³-hybridized carbons (Fsp3) is 0.333. The van der Waals surface area contributed by atoms with Crippen molar-refractivity contribution in [1.29, 1.82) is 0 Å². The van der Waals surface area contributed by atoms with Gasteiger partial charge in [-0.05, 0) is 18.2 Å². The van der Waals surface area contributed by atoms with E-state index in [4.69, 9.17) is 16.3 Å². The van der Waals surface area contributed by atoms with Gasteiger partial charge in [0.05, 0.1) is 0 Å². The van der Waals surface area contributed by atoms with Gasteiger partial charge in [-0.1, -0.05) is 11.6 Å². The van der Waals surface area contributed by atoms with E-state index >= 15 is 0 Å². The van der Waals surface area contributed by atoms with Gasteiger partial charge in [-0.15, -0.1) is 0 Å². The van der Waals surface area contributed by atoms with E-state index in [0.29, 0.717) is 16.3 Å². The maximum Gasteiger partial charge on any atom is 0.333 e. The van der Waals surface area contributed by atoms with Crippen LogP contribution >= 0.6 is 11.6 Å². The number of carbonyl (C=O) groups excluding carboxylic acids is 2. The van der Waals surface area contributed by atoms with Gasteiger partial charge < -0.3 is 10.1 Å². The number of benzene rings is 1. The molecule has 0 saturated carbocycles. The first kappa shape index (κ1) is 15.3. The van der Waals surface area contributed by atoms with E-state index in [9.17, 15) is 9.59 Å². The molecule has 0 bridgehead atoms. The third-order valence-electron chi connectivity index (χ3n) is 2.07. The molecule has 0 aliphatic carbocycles. The van der Waals surface area contributed by atoms with E-state index in [1.807, 2.05) is 0 Å². The Kier molecular flexibility index (Phi) is 5.59. The van der Waals surface area contributed by atoms with E-state index in [0.717, 1.165) is 0 Å². The zero-order valence-corrected chi connectivity index (χ0v) is 11.7. The molecule has 1 rings (SSSR count). The number of esters is 1. The van der Waals surface area contributed by atoms with Crippen LogP contribution in [-0.2, 0) is 16.1 Å². The van der Waals surface area contributed by atoms with Crippen LogP contribution in [0.3, 0.4) is 0 Å². The maximum atomic E-state index is 11.6. The van der Waals surface area contributed by atoms with Crippen molar-refractivity contribution in [3.8, 4) is 0 Å². The summed E-state index contributed by atoms with van der Waals surface area (Å²) in [5.74, 6) is -0.399. The normalized spacial score (nSPS) is 10.2. The van der Waals surface area contributed by atoms with Crippen LogP contribution in [0.25, 0.3) is 0 Å². The lowest BCUT2D eigenvalue weighted by Crippen LogP contribution is -2.39. The third kappa shape index (κ3) is 5.58. The second-order valence-corrected chi connectivity index (χ2v) is 4.48. The summed E-state index contributed by atoms with van der Waals surface area (Å²) in [7, 11) is 3.39. The summed E-state index contributed by atoms with van der Waals surface area (Å²) >= 11 is 5.88. The summed E-state index contributed by atoms with van der Waals surface area (Å²) in [5.41, 5.74) is 3.69. The van der Waals surface area contributed by atoms with E-state index in [1.165, 1.54) is 11.9 Å². The lowest BCUT2D eigenvalue weighted by Gasteiger charge is -2.15. The Balaban J connectivity index is 2.81. The summed E-state index contributed by atoms with van der Waals surface area (Å²) in [6.07, 6.45) is 0. The number of hydrazine groups is 1. The number of hydrogen-bond donors (Lipinski definition) is 2. The van der Waals surface area contributed by atoms with Gasteiger partial charge >= 0.3 is 12.0 Å². The molecule has 0 radical (unpaired) electrons. The molecular formula is C12H16ClN3O3. The van der Waals surface area contributed by atoms with Gasteiger partial charge in [0.1, 0.15) is 6.61 Å². The van der Waals surface area contributed by atoms with Gasteiger partial charge in [-0.25, -0.2) is 9.80 Å². The number of hydrogen-bond acceptors (Lipinski definition) is 4. The average Bonchev–Trinajstić information content (AvgIpc) is 2.28. The predicted molar refractivity (Wildman–Crippen MR) is 72.8 cm³/mol. The Morgan fingerprint density at radius 1 is 1.37 bits per heavy atom. The predicted octanol–water partition coefficient (Wildman–Crippen LogP) is 2.00. The van der Waals surface area contributed by atoms with Crippen LogP contribution < -0.4 is 10.7 Å². The highest BCUT2D eigenvalue weighted by molar-refractivity contribution is 6.30. The number of ether oxygens (including phenoxy) is 1. The van der Waals surface area contributed by atoms with Gasteiger partial charge in [0.2, 0.25) is 0 Å². The first-order valence-corrected chi connectivity index (χ1v) is 5.93. The summed E-state index contributed by atoms with van der Waals surface area (Å²) in [6.45, 7) is 1.36. The fourth-order valence-corrected chi connectivity index (χ4v) is 1.53. The minimum absolute atomic E-state index is 0.0491. The molecule has 19 heavy (non-hydrogen) atoms. The van der Waals surface area contributed by atoms with Crippen molar-refractivity contribution in [3.63, 3.8) is 0 Å². The molecule has 0 spiro atoms. The van der Waals surface area contributed by atoms with Gasteiger partial charge in [-0.3, -0.25) is 10.2 Å². The molecule has 0 unspecified atom stereocenters. The van der Waals surface area contributed by atoms with Crippen molar-refractivity contribution in [2.45, 2.75) is 13.5 Å². The molecule has 104 valence electrons. The smallest absolute Gasteiger partial charge is 0.333 e. The minimum atomic E-state index is -0.399. The topological polar surface area (TPSA) is 70.7 Å². The molecule has 7 heteroatoms. The highest BCUT2D eigenvalue weighted by Gasteiger charge is 2.09. The first-order chi connectivity index (χ1) is 8.88. The van der Waals surface area contributed by atoms with Gasteiger partial charge in [0.15, 0.2) is 0 Å². The minimum Gasteiger partial charge on any atom is -0.461 e. The van der Waals surface area contributed by atoms with Crippen molar-refractivity contribution in [2.24, 2.45) is 0 Å². The number of amides is 2. The SMILES string of the molecule is CC(=O)OCc1cc(Cl)ccc1NC(=O)NN(C)C. The van der Waals surface area contributed by atoms with Gasteiger partial charge in [0, 0.05) is 37.3 Å². The Bertz CT molecular complexity index is 477. The van der Waals surface area contributed by atoms with Crippen molar-refractivity contribution < 1.29 is 14.3 Å². The fourth-order valence-electron chi connectivity index (χ4n) is 1.34. The Morgan fingerprint density at radius 3 is 2.63 bits per heavy atom. The largest absolute Gasteiger partial charge is 0.461 e. The summed E-state index contributed by atoms with van der Waals surface area (Å²) in [4.78, 5) is 22.4. The number of rotatable bonds is 4. The molecule has 2 amide bonds. The third-order valence-corrected chi connectivity index (χ3v) is 2.31. The van der Waals surface area contributed by atoms with Crippen molar-refractivity contribution in [3.05, 3.63) is 28.8 Å². The van der Waals surface area contributed by atoms with Crippen LogP contribution in [0, 0.1) is 0 Å². The number of nitrogens with one attached hydrogen (secondary N) is 2. The Morgan fingerprint density at radius 2 is 2.05 bits per heavy atom. The maximum absolute atomic E-state index is 11.6. The lowest BCUT2D eigenvalue weighted by atomic mass is 10.2. The first-order valence-electron chi connectivity index (χ1n) is 5.55. The van der Waals surface area contributed by atoms with Crippen LogP contribution in [0.1, 0.15) is 12.5 Å². The van der Waals surface area contributed by atoms with E-state index < -0.39 is 12.0 Å². The zero-order chi connectivity index (χ0) is 14.4. The summed E-state index contributed by atoms with van der Waals surface area (Å²) < 4.78 is 4.91. The average molecular weight is 286 g/mol. The second-order valence-electron chi connectivity index (χ2n) is 4.04. The number of halogens is 1. The van der Waals surface area contributed by atoms with E-state index in [-0.39, 0.29) is 6.61 Å². The zero-order valence-electron chi connectivity index (χ0n) is 11.0. The van der Waals surface area contributed by atoms with Crippen LogP contribution in [0.5, 0.6) is 0 Å². The van der Waals surface area contributed by atoms with Crippen molar-refractivity contribution in [2.75, 3.05) is 19.4 Å². The molecule has 0 saturated heterocycles. The van der Waals surface area contributed by atoms with Crippen LogP contribution in [0.2, 0.25) is 5.02 Å². The molecule has 1 aromatic carbocycles.